The van der Waals surface area contributed by atoms with Gasteiger partial charge in [-0.05, 0) is 51.0 Å². The molecule has 0 radical (unpaired) electrons. The van der Waals surface area contributed by atoms with E-state index in [9.17, 15) is 4.79 Å². The number of carbonyl (C=O) groups is 1. The van der Waals surface area contributed by atoms with Gasteiger partial charge < -0.3 is 5.32 Å². The molecule has 0 aliphatic heterocycles. The van der Waals surface area contributed by atoms with E-state index in [-0.39, 0.29) is 5.91 Å². The summed E-state index contributed by atoms with van der Waals surface area (Å²) in [4.78, 5) is 12.0. The summed E-state index contributed by atoms with van der Waals surface area (Å²) < 4.78 is 2.93. The van der Waals surface area contributed by atoms with Crippen LogP contribution in [-0.4, -0.2) is 22.2 Å². The molecular formula is C16H20BrN3O. The Bertz CT molecular complexity index is 649. The molecule has 1 N–H and O–H groups in total. The van der Waals surface area contributed by atoms with Crippen molar-refractivity contribution in [3.05, 3.63) is 51.3 Å². The molecule has 1 heterocycles. The van der Waals surface area contributed by atoms with Crippen LogP contribution < -0.4 is 5.32 Å². The van der Waals surface area contributed by atoms with Crippen molar-refractivity contribution in [2.45, 2.75) is 33.7 Å². The topological polar surface area (TPSA) is 46.9 Å². The maximum absolute atomic E-state index is 12.0. The number of nitrogens with one attached hydrogen (secondary N) is 1. The predicted molar refractivity (Wildman–Crippen MR) is 87.5 cm³/mol. The first-order chi connectivity index (χ1) is 9.97. The van der Waals surface area contributed by atoms with Gasteiger partial charge in [-0.25, -0.2) is 0 Å². The van der Waals surface area contributed by atoms with Crippen LogP contribution in [0.4, 0.5) is 0 Å². The zero-order valence-electron chi connectivity index (χ0n) is 12.6. The third kappa shape index (κ3) is 4.17. The minimum atomic E-state index is -0.0379. The molecule has 0 bridgehead atoms. The van der Waals surface area contributed by atoms with Crippen LogP contribution in [0, 0.1) is 20.8 Å². The molecule has 0 fully saturated rings. The van der Waals surface area contributed by atoms with E-state index >= 15 is 0 Å². The maximum Gasteiger partial charge on any atom is 0.251 e. The minimum absolute atomic E-state index is 0.0379. The zero-order chi connectivity index (χ0) is 15.4. The third-order valence-electron chi connectivity index (χ3n) is 3.37. The van der Waals surface area contributed by atoms with Crippen LogP contribution in [0.3, 0.4) is 0 Å². The molecule has 2 aromatic rings. The Morgan fingerprint density at radius 1 is 1.29 bits per heavy atom. The monoisotopic (exact) mass is 349 g/mol. The molecule has 4 nitrogen and oxygen atoms in total. The first-order valence-corrected chi connectivity index (χ1v) is 7.82. The molecule has 1 aromatic heterocycles. The van der Waals surface area contributed by atoms with Crippen molar-refractivity contribution in [2.24, 2.45) is 0 Å². The van der Waals surface area contributed by atoms with E-state index in [4.69, 9.17) is 0 Å². The normalized spacial score (nSPS) is 10.7. The molecule has 0 aliphatic rings. The number of halogens is 1. The second-order valence-electron chi connectivity index (χ2n) is 5.22. The summed E-state index contributed by atoms with van der Waals surface area (Å²) in [5, 5.41) is 7.35. The Morgan fingerprint density at radius 2 is 2.05 bits per heavy atom. The third-order valence-corrected chi connectivity index (χ3v) is 4.22. The van der Waals surface area contributed by atoms with Gasteiger partial charge in [-0.2, -0.15) is 5.10 Å². The van der Waals surface area contributed by atoms with Crippen LogP contribution in [0.1, 0.15) is 33.7 Å². The van der Waals surface area contributed by atoms with Gasteiger partial charge >= 0.3 is 0 Å². The standard InChI is InChI=1S/C16H20BrN3O/c1-11-5-6-14(10-15(11)17)16(21)18-7-4-8-20-13(3)9-12(2)19-20/h5-6,9-10H,4,7-8H2,1-3H3,(H,18,21). The second-order valence-corrected chi connectivity index (χ2v) is 6.08. The van der Waals surface area contributed by atoms with Crippen molar-refractivity contribution in [2.75, 3.05) is 6.54 Å². The van der Waals surface area contributed by atoms with Gasteiger partial charge in [-0.3, -0.25) is 9.48 Å². The highest BCUT2D eigenvalue weighted by Crippen LogP contribution is 2.17. The number of nitrogens with zero attached hydrogens (tertiary/aromatic N) is 2. The van der Waals surface area contributed by atoms with Gasteiger partial charge in [-0.15, -0.1) is 0 Å². The molecule has 0 unspecified atom stereocenters. The number of carbonyl (C=O) groups excluding carboxylic acids is 1. The van der Waals surface area contributed by atoms with E-state index in [1.807, 2.05) is 43.7 Å². The summed E-state index contributed by atoms with van der Waals surface area (Å²) >= 11 is 3.45. The zero-order valence-corrected chi connectivity index (χ0v) is 14.2. The smallest absolute Gasteiger partial charge is 0.251 e. The van der Waals surface area contributed by atoms with E-state index in [0.29, 0.717) is 12.1 Å². The molecule has 0 saturated carbocycles. The minimum Gasteiger partial charge on any atom is -0.352 e. The Hall–Kier alpha value is -1.62. The van der Waals surface area contributed by atoms with E-state index in [2.05, 4.69) is 32.4 Å². The fraction of sp³-hybridized carbons (Fsp3) is 0.375. The maximum atomic E-state index is 12.0. The van der Waals surface area contributed by atoms with Gasteiger partial charge in [0.25, 0.3) is 5.91 Å². The Kier molecular flexibility index (Phi) is 5.17. The van der Waals surface area contributed by atoms with Crippen LogP contribution in [0.15, 0.2) is 28.7 Å². The van der Waals surface area contributed by atoms with Crippen LogP contribution in [-0.2, 0) is 6.54 Å². The predicted octanol–water partition coefficient (Wildman–Crippen LogP) is 3.39. The van der Waals surface area contributed by atoms with Crippen molar-refractivity contribution in [1.82, 2.24) is 15.1 Å². The largest absolute Gasteiger partial charge is 0.352 e. The highest BCUT2D eigenvalue weighted by atomic mass is 79.9. The summed E-state index contributed by atoms with van der Waals surface area (Å²) in [6, 6.07) is 7.69. The van der Waals surface area contributed by atoms with Gasteiger partial charge in [-0.1, -0.05) is 22.0 Å². The Balaban J connectivity index is 1.81. The molecule has 0 atom stereocenters. The molecular weight excluding hydrogens is 330 g/mol. The van der Waals surface area contributed by atoms with Crippen molar-refractivity contribution in [1.29, 1.82) is 0 Å². The lowest BCUT2D eigenvalue weighted by Crippen LogP contribution is -2.25. The highest BCUT2D eigenvalue weighted by molar-refractivity contribution is 9.10. The average Bonchev–Trinajstić information content (AvgIpc) is 2.76. The molecule has 0 saturated heterocycles. The average molecular weight is 350 g/mol. The summed E-state index contributed by atoms with van der Waals surface area (Å²) in [5.74, 6) is -0.0379. The number of hydrogen-bond acceptors (Lipinski definition) is 2. The van der Waals surface area contributed by atoms with Gasteiger partial charge in [0.1, 0.15) is 0 Å². The van der Waals surface area contributed by atoms with Crippen molar-refractivity contribution in [3.8, 4) is 0 Å². The van der Waals surface area contributed by atoms with E-state index in [0.717, 1.165) is 34.4 Å². The number of rotatable bonds is 5. The van der Waals surface area contributed by atoms with Gasteiger partial charge in [0.15, 0.2) is 0 Å². The number of amides is 1. The van der Waals surface area contributed by atoms with Crippen LogP contribution in [0.25, 0.3) is 0 Å². The summed E-state index contributed by atoms with van der Waals surface area (Å²) in [7, 11) is 0. The number of hydrogen-bond donors (Lipinski definition) is 1. The van der Waals surface area contributed by atoms with Crippen molar-refractivity contribution in [3.63, 3.8) is 0 Å². The van der Waals surface area contributed by atoms with Gasteiger partial charge in [0.2, 0.25) is 0 Å². The highest BCUT2D eigenvalue weighted by Gasteiger charge is 2.07. The van der Waals surface area contributed by atoms with Crippen molar-refractivity contribution < 1.29 is 4.79 Å². The fourth-order valence-corrected chi connectivity index (χ4v) is 2.55. The van der Waals surface area contributed by atoms with E-state index in [1.165, 1.54) is 0 Å². The first-order valence-electron chi connectivity index (χ1n) is 7.03. The van der Waals surface area contributed by atoms with Gasteiger partial charge in [0, 0.05) is 28.8 Å². The fourth-order valence-electron chi connectivity index (χ4n) is 2.17. The first kappa shape index (κ1) is 15.8. The second kappa shape index (κ2) is 6.89. The molecule has 112 valence electrons. The quantitative estimate of drug-likeness (QED) is 0.841. The van der Waals surface area contributed by atoms with Crippen molar-refractivity contribution >= 4 is 21.8 Å². The van der Waals surface area contributed by atoms with Crippen LogP contribution in [0.2, 0.25) is 0 Å². The molecule has 21 heavy (non-hydrogen) atoms. The van der Waals surface area contributed by atoms with Crippen LogP contribution in [0.5, 0.6) is 0 Å². The van der Waals surface area contributed by atoms with Gasteiger partial charge in [0.05, 0.1) is 5.69 Å². The lowest BCUT2D eigenvalue weighted by Gasteiger charge is -2.08. The molecule has 5 heteroatoms. The number of benzene rings is 1. The van der Waals surface area contributed by atoms with Crippen LogP contribution >= 0.6 is 15.9 Å². The number of aryl methyl sites for hydroxylation is 4. The van der Waals surface area contributed by atoms with E-state index in [1.54, 1.807) is 0 Å². The summed E-state index contributed by atoms with van der Waals surface area (Å²) in [6.07, 6.45) is 0.862. The summed E-state index contributed by atoms with van der Waals surface area (Å²) in [5.41, 5.74) is 3.98. The SMILES string of the molecule is Cc1cc(C)n(CCCNC(=O)c2ccc(C)c(Br)c2)n1. The molecule has 0 spiro atoms. The lowest BCUT2D eigenvalue weighted by atomic mass is 10.1. The summed E-state index contributed by atoms with van der Waals surface area (Å²) in [6.45, 7) is 7.49. The lowest BCUT2D eigenvalue weighted by molar-refractivity contribution is 0.0952. The molecule has 0 aliphatic carbocycles. The number of aromatic nitrogens is 2. The Morgan fingerprint density at radius 3 is 2.67 bits per heavy atom. The Labute approximate surface area is 133 Å². The van der Waals surface area contributed by atoms with E-state index < -0.39 is 0 Å². The molecule has 1 aromatic carbocycles. The molecule has 1 amide bonds. The molecule has 2 rings (SSSR count).